The first-order chi connectivity index (χ1) is 14.7. The van der Waals surface area contributed by atoms with Gasteiger partial charge in [-0.2, -0.15) is 0 Å². The van der Waals surface area contributed by atoms with Crippen LogP contribution in [-0.4, -0.2) is 41.5 Å². The molecule has 0 spiro atoms. The van der Waals surface area contributed by atoms with Gasteiger partial charge in [0.15, 0.2) is 0 Å². The number of nitrogens with two attached hydrogens (primary N) is 1. The Kier molecular flexibility index (Phi) is 6.60. The Bertz CT molecular complexity index is 932. The number of hydrogen-bond donors (Lipinski definition) is 2. The molecule has 0 aliphatic carbocycles. The number of amides is 3. The third kappa shape index (κ3) is 5.61. The van der Waals surface area contributed by atoms with Crippen molar-refractivity contribution >= 4 is 23.6 Å². The molecule has 0 bridgehead atoms. The highest BCUT2D eigenvalue weighted by molar-refractivity contribution is 5.97. The average Bonchev–Trinajstić information content (AvgIpc) is 2.70. The van der Waals surface area contributed by atoms with Crippen LogP contribution in [0, 0.1) is 5.92 Å². The van der Waals surface area contributed by atoms with Crippen molar-refractivity contribution in [2.45, 2.75) is 32.9 Å². The van der Waals surface area contributed by atoms with E-state index in [1.54, 1.807) is 29.2 Å². The number of nitrogen functional groups attached to an aromatic ring is 1. The maximum absolute atomic E-state index is 13.3. The van der Waals surface area contributed by atoms with Crippen molar-refractivity contribution in [1.29, 1.82) is 0 Å². The van der Waals surface area contributed by atoms with E-state index in [9.17, 15) is 14.4 Å². The molecule has 0 aromatic heterocycles. The molecule has 3 rings (SSSR count). The number of carbonyl (C=O) groups excluding carboxylic acids is 3. The first-order valence-electron chi connectivity index (χ1n) is 10.1. The summed E-state index contributed by atoms with van der Waals surface area (Å²) in [5.74, 6) is 4.44. The van der Waals surface area contributed by atoms with Crippen molar-refractivity contribution in [2.75, 3.05) is 18.0 Å². The molecule has 3 amide bonds. The fourth-order valence-electron chi connectivity index (χ4n) is 3.26. The van der Waals surface area contributed by atoms with Gasteiger partial charge in [-0.1, -0.05) is 30.3 Å². The molecule has 0 unspecified atom stereocenters. The predicted molar refractivity (Wildman–Crippen MR) is 117 cm³/mol. The van der Waals surface area contributed by atoms with Gasteiger partial charge in [0.2, 0.25) is 5.91 Å². The van der Waals surface area contributed by atoms with Gasteiger partial charge in [0.05, 0.1) is 12.5 Å². The number of likely N-dealkylation sites (tertiary alicyclic amines) is 1. The van der Waals surface area contributed by atoms with Crippen molar-refractivity contribution in [1.82, 2.24) is 10.3 Å². The van der Waals surface area contributed by atoms with E-state index >= 15 is 0 Å². The summed E-state index contributed by atoms with van der Waals surface area (Å²) in [6, 6.07) is 16.3. The first kappa shape index (κ1) is 22.3. The molecule has 3 N–H and O–H groups in total. The third-order valence-corrected chi connectivity index (χ3v) is 4.90. The first-order valence-corrected chi connectivity index (χ1v) is 10.1. The second-order valence-corrected chi connectivity index (χ2v) is 8.51. The fourth-order valence-corrected chi connectivity index (χ4v) is 3.26. The Hall–Kier alpha value is -3.39. The molecule has 1 heterocycles. The quantitative estimate of drug-likeness (QED) is 0.436. The summed E-state index contributed by atoms with van der Waals surface area (Å²) in [4.78, 5) is 40.3. The number of rotatable bonds is 5. The van der Waals surface area contributed by atoms with Crippen LogP contribution < -0.4 is 16.2 Å². The van der Waals surface area contributed by atoms with Gasteiger partial charge >= 0.3 is 6.09 Å². The van der Waals surface area contributed by atoms with Crippen LogP contribution in [0.1, 0.15) is 36.7 Å². The highest BCUT2D eigenvalue weighted by Crippen LogP contribution is 2.26. The van der Waals surface area contributed by atoms with E-state index in [1.165, 1.54) is 4.90 Å². The van der Waals surface area contributed by atoms with E-state index in [4.69, 9.17) is 10.6 Å². The lowest BCUT2D eigenvalue weighted by atomic mass is 9.98. The number of nitrogens with one attached hydrogen (secondary N) is 1. The minimum Gasteiger partial charge on any atom is -0.444 e. The maximum Gasteiger partial charge on any atom is 0.410 e. The molecular weight excluding hydrogens is 396 g/mol. The van der Waals surface area contributed by atoms with Crippen LogP contribution >= 0.6 is 0 Å². The molecule has 8 nitrogen and oxygen atoms in total. The number of benzene rings is 2. The molecule has 1 saturated heterocycles. The summed E-state index contributed by atoms with van der Waals surface area (Å²) in [5.41, 5.74) is 3.60. The Balaban J connectivity index is 1.71. The summed E-state index contributed by atoms with van der Waals surface area (Å²) in [7, 11) is 0. The third-order valence-electron chi connectivity index (χ3n) is 4.90. The molecule has 0 atom stereocenters. The zero-order chi connectivity index (χ0) is 22.6. The standard InChI is InChI=1S/C23H28N4O4/c1-23(2,3)31-22(30)26-14-18(15-26)21(29)27(19-7-5-4-6-8-19)13-16-9-11-17(12-10-16)20(28)25-24/h4-12,18H,13-15,24H2,1-3H3,(H,25,28). The topological polar surface area (TPSA) is 105 Å². The van der Waals surface area contributed by atoms with Crippen LogP contribution in [0.15, 0.2) is 54.6 Å². The largest absolute Gasteiger partial charge is 0.444 e. The Morgan fingerprint density at radius 1 is 1.06 bits per heavy atom. The Morgan fingerprint density at radius 3 is 2.23 bits per heavy atom. The summed E-state index contributed by atoms with van der Waals surface area (Å²) in [6.45, 7) is 6.43. The number of carbonyl (C=O) groups is 3. The number of para-hydroxylation sites is 1. The molecule has 8 heteroatoms. The van der Waals surface area contributed by atoms with E-state index in [0.29, 0.717) is 25.2 Å². The van der Waals surface area contributed by atoms with Crippen molar-refractivity contribution in [3.63, 3.8) is 0 Å². The van der Waals surface area contributed by atoms with Crippen LogP contribution in [0.5, 0.6) is 0 Å². The van der Waals surface area contributed by atoms with Gasteiger partial charge in [0.25, 0.3) is 5.91 Å². The fraction of sp³-hybridized carbons (Fsp3) is 0.348. The van der Waals surface area contributed by atoms with E-state index in [2.05, 4.69) is 5.43 Å². The lowest BCUT2D eigenvalue weighted by Crippen LogP contribution is -2.57. The van der Waals surface area contributed by atoms with Gasteiger partial charge in [-0.3, -0.25) is 15.0 Å². The molecule has 0 saturated carbocycles. The highest BCUT2D eigenvalue weighted by Gasteiger charge is 2.40. The van der Waals surface area contributed by atoms with Crippen molar-refractivity contribution in [2.24, 2.45) is 11.8 Å². The summed E-state index contributed by atoms with van der Waals surface area (Å²) in [6.07, 6.45) is -0.406. The van der Waals surface area contributed by atoms with Crippen molar-refractivity contribution in [3.8, 4) is 0 Å². The molecule has 31 heavy (non-hydrogen) atoms. The minimum atomic E-state index is -0.574. The van der Waals surface area contributed by atoms with Crippen LogP contribution in [-0.2, 0) is 16.1 Å². The lowest BCUT2D eigenvalue weighted by Gasteiger charge is -2.41. The number of ether oxygens (including phenoxy) is 1. The van der Waals surface area contributed by atoms with Gasteiger partial charge in [-0.25, -0.2) is 10.6 Å². The average molecular weight is 425 g/mol. The molecule has 1 fully saturated rings. The molecule has 2 aromatic rings. The van der Waals surface area contributed by atoms with E-state index in [-0.39, 0.29) is 17.7 Å². The maximum atomic E-state index is 13.3. The van der Waals surface area contributed by atoms with Gasteiger partial charge < -0.3 is 14.5 Å². The molecule has 0 radical (unpaired) electrons. The van der Waals surface area contributed by atoms with Gasteiger partial charge in [-0.05, 0) is 50.6 Å². The van der Waals surface area contributed by atoms with Crippen LogP contribution in [0.25, 0.3) is 0 Å². The SMILES string of the molecule is CC(C)(C)OC(=O)N1CC(C(=O)N(Cc2ccc(C(=O)NN)cc2)c2ccccc2)C1. The van der Waals surface area contributed by atoms with E-state index < -0.39 is 11.7 Å². The highest BCUT2D eigenvalue weighted by atomic mass is 16.6. The van der Waals surface area contributed by atoms with Crippen molar-refractivity contribution in [3.05, 3.63) is 65.7 Å². The number of hydrogen-bond acceptors (Lipinski definition) is 5. The van der Waals surface area contributed by atoms with Crippen LogP contribution in [0.3, 0.4) is 0 Å². The number of anilines is 1. The normalized spacial score (nSPS) is 13.9. The van der Waals surface area contributed by atoms with Gasteiger partial charge in [0.1, 0.15) is 5.60 Å². The Morgan fingerprint density at radius 2 is 1.68 bits per heavy atom. The zero-order valence-corrected chi connectivity index (χ0v) is 18.0. The molecule has 164 valence electrons. The molecular formula is C23H28N4O4. The van der Waals surface area contributed by atoms with Crippen LogP contribution in [0.2, 0.25) is 0 Å². The van der Waals surface area contributed by atoms with E-state index in [0.717, 1.165) is 11.3 Å². The second kappa shape index (κ2) is 9.18. The van der Waals surface area contributed by atoms with Gasteiger partial charge in [-0.15, -0.1) is 0 Å². The van der Waals surface area contributed by atoms with Gasteiger partial charge in [0, 0.05) is 24.3 Å². The Labute approximate surface area is 181 Å². The molecule has 1 aliphatic rings. The van der Waals surface area contributed by atoms with Crippen molar-refractivity contribution < 1.29 is 19.1 Å². The zero-order valence-electron chi connectivity index (χ0n) is 18.0. The minimum absolute atomic E-state index is 0.0604. The summed E-state index contributed by atoms with van der Waals surface area (Å²) in [5, 5.41) is 0. The lowest BCUT2D eigenvalue weighted by molar-refractivity contribution is -0.127. The number of nitrogens with zero attached hydrogens (tertiary/aromatic N) is 2. The summed E-state index contributed by atoms with van der Waals surface area (Å²) < 4.78 is 5.37. The number of hydrazine groups is 1. The monoisotopic (exact) mass is 424 g/mol. The van der Waals surface area contributed by atoms with Crippen LogP contribution in [0.4, 0.5) is 10.5 Å². The molecule has 2 aromatic carbocycles. The summed E-state index contributed by atoms with van der Waals surface area (Å²) >= 11 is 0. The second-order valence-electron chi connectivity index (χ2n) is 8.51. The predicted octanol–water partition coefficient (Wildman–Crippen LogP) is 2.69. The smallest absolute Gasteiger partial charge is 0.410 e. The van der Waals surface area contributed by atoms with E-state index in [1.807, 2.05) is 51.1 Å². The molecule has 1 aliphatic heterocycles.